The first kappa shape index (κ1) is 12.8. The summed E-state index contributed by atoms with van der Waals surface area (Å²) in [5, 5.41) is 0. The molecule has 0 amide bonds. The van der Waals surface area contributed by atoms with E-state index >= 15 is 0 Å². The van der Waals surface area contributed by atoms with Gasteiger partial charge in [-0.2, -0.15) is 0 Å². The normalized spacial score (nSPS) is 10.9. The van der Waals surface area contributed by atoms with Crippen LogP contribution in [0.2, 0.25) is 0 Å². The first-order chi connectivity index (χ1) is 8.61. The Kier molecular flexibility index (Phi) is 3.77. The van der Waals surface area contributed by atoms with E-state index in [-0.39, 0.29) is 5.82 Å². The Hall–Kier alpha value is -1.68. The van der Waals surface area contributed by atoms with Gasteiger partial charge in [0.05, 0.1) is 6.33 Å². The molecule has 0 aliphatic carbocycles. The Morgan fingerprint density at radius 3 is 2.56 bits per heavy atom. The van der Waals surface area contributed by atoms with E-state index in [0.717, 1.165) is 17.7 Å². The number of halogens is 1. The van der Waals surface area contributed by atoms with E-state index in [1.165, 1.54) is 0 Å². The Morgan fingerprint density at radius 2 is 1.94 bits per heavy atom. The summed E-state index contributed by atoms with van der Waals surface area (Å²) < 4.78 is 15.6. The van der Waals surface area contributed by atoms with Crippen molar-refractivity contribution < 1.29 is 4.39 Å². The monoisotopic (exact) mass is 247 g/mol. The maximum atomic E-state index is 13.6. The number of imidazole rings is 1. The van der Waals surface area contributed by atoms with E-state index in [1.54, 1.807) is 20.2 Å². The predicted molar refractivity (Wildman–Crippen MR) is 70.0 cm³/mol. The van der Waals surface area contributed by atoms with Crippen molar-refractivity contribution in [2.24, 2.45) is 5.73 Å². The van der Waals surface area contributed by atoms with E-state index in [0.29, 0.717) is 24.2 Å². The van der Waals surface area contributed by atoms with Gasteiger partial charge in [0.25, 0.3) is 0 Å². The van der Waals surface area contributed by atoms with Crippen LogP contribution in [0.15, 0.2) is 24.7 Å². The van der Waals surface area contributed by atoms with Crippen LogP contribution in [0.4, 0.5) is 4.39 Å². The minimum Gasteiger partial charge on any atom is -0.330 e. The van der Waals surface area contributed by atoms with Crippen LogP contribution >= 0.6 is 0 Å². The van der Waals surface area contributed by atoms with Crippen LogP contribution in [-0.2, 0) is 13.0 Å². The van der Waals surface area contributed by atoms with E-state index in [1.807, 2.05) is 18.3 Å². The van der Waals surface area contributed by atoms with Gasteiger partial charge in [-0.15, -0.1) is 0 Å². The molecule has 2 rings (SSSR count). The molecule has 0 atom stereocenters. The first-order valence-corrected chi connectivity index (χ1v) is 6.06. The maximum absolute atomic E-state index is 13.6. The summed E-state index contributed by atoms with van der Waals surface area (Å²) in [6.45, 7) is 4.89. The molecule has 0 bridgehead atoms. The molecule has 1 aromatic heterocycles. The molecular weight excluding hydrogens is 229 g/mol. The van der Waals surface area contributed by atoms with Crippen LogP contribution in [0.25, 0.3) is 0 Å². The number of hydrogen-bond acceptors (Lipinski definition) is 2. The summed E-state index contributed by atoms with van der Waals surface area (Å²) in [7, 11) is 0. The highest BCUT2D eigenvalue weighted by Gasteiger charge is 2.06. The van der Waals surface area contributed by atoms with Gasteiger partial charge in [-0.3, -0.25) is 0 Å². The highest BCUT2D eigenvalue weighted by molar-refractivity contribution is 5.30. The fourth-order valence-electron chi connectivity index (χ4n) is 2.17. The lowest BCUT2D eigenvalue weighted by Gasteiger charge is -2.10. The molecular formula is C14H18FN3. The minimum atomic E-state index is -0.119. The largest absolute Gasteiger partial charge is 0.330 e. The van der Waals surface area contributed by atoms with Crippen LogP contribution in [-0.4, -0.2) is 16.1 Å². The zero-order valence-electron chi connectivity index (χ0n) is 10.8. The molecule has 0 radical (unpaired) electrons. The fraction of sp³-hybridized carbons (Fsp3) is 0.357. The smallest absolute Gasteiger partial charge is 0.129 e. The molecule has 0 unspecified atom stereocenters. The van der Waals surface area contributed by atoms with Gasteiger partial charge in [0.2, 0.25) is 0 Å². The Bertz CT molecular complexity index is 523. The molecule has 0 saturated heterocycles. The van der Waals surface area contributed by atoms with Gasteiger partial charge in [0, 0.05) is 24.9 Å². The lowest BCUT2D eigenvalue weighted by molar-refractivity contribution is 0.607. The highest BCUT2D eigenvalue weighted by Crippen LogP contribution is 2.16. The van der Waals surface area contributed by atoms with Crippen LogP contribution in [0.3, 0.4) is 0 Å². The number of nitrogens with two attached hydrogens (primary N) is 1. The Balaban J connectivity index is 2.26. The van der Waals surface area contributed by atoms with Crippen molar-refractivity contribution >= 4 is 0 Å². The number of benzene rings is 1. The van der Waals surface area contributed by atoms with Crippen molar-refractivity contribution in [1.29, 1.82) is 0 Å². The Labute approximate surface area is 106 Å². The second-order valence-corrected chi connectivity index (χ2v) is 4.60. The molecule has 0 aliphatic rings. The second-order valence-electron chi connectivity index (χ2n) is 4.60. The molecule has 1 aromatic carbocycles. The predicted octanol–water partition coefficient (Wildman–Crippen LogP) is 2.19. The van der Waals surface area contributed by atoms with Crippen molar-refractivity contribution in [2.75, 3.05) is 6.54 Å². The Morgan fingerprint density at radius 1 is 1.28 bits per heavy atom. The van der Waals surface area contributed by atoms with Gasteiger partial charge < -0.3 is 10.3 Å². The molecule has 2 N–H and O–H groups in total. The van der Waals surface area contributed by atoms with Crippen molar-refractivity contribution in [3.8, 4) is 0 Å². The molecule has 2 aromatic rings. The van der Waals surface area contributed by atoms with E-state index in [2.05, 4.69) is 9.55 Å². The average Bonchev–Trinajstić information content (AvgIpc) is 2.74. The van der Waals surface area contributed by atoms with E-state index in [9.17, 15) is 4.39 Å². The lowest BCUT2D eigenvalue weighted by Crippen LogP contribution is -2.09. The summed E-state index contributed by atoms with van der Waals surface area (Å²) in [5.74, 6) is -0.119. The molecule has 0 spiro atoms. The first-order valence-electron chi connectivity index (χ1n) is 6.06. The van der Waals surface area contributed by atoms with Crippen molar-refractivity contribution in [2.45, 2.75) is 26.8 Å². The molecule has 3 nitrogen and oxygen atoms in total. The number of hydrogen-bond donors (Lipinski definition) is 1. The standard InChI is InChI=1S/C14H18FN3/c1-10-5-12(6-11(2)14(10)15)8-18-9-17-7-13(18)3-4-16/h5-7,9H,3-4,8,16H2,1-2H3. The van der Waals surface area contributed by atoms with Gasteiger partial charge in [0.1, 0.15) is 5.82 Å². The minimum absolute atomic E-state index is 0.119. The molecule has 18 heavy (non-hydrogen) atoms. The molecule has 0 aliphatic heterocycles. The van der Waals surface area contributed by atoms with Gasteiger partial charge >= 0.3 is 0 Å². The van der Waals surface area contributed by atoms with Gasteiger partial charge in [-0.05, 0) is 37.1 Å². The number of aromatic nitrogens is 2. The van der Waals surface area contributed by atoms with E-state index < -0.39 is 0 Å². The zero-order valence-corrected chi connectivity index (χ0v) is 10.8. The molecule has 4 heteroatoms. The third-order valence-electron chi connectivity index (χ3n) is 3.05. The SMILES string of the molecule is Cc1cc(Cn2cncc2CCN)cc(C)c1F. The summed E-state index contributed by atoms with van der Waals surface area (Å²) in [4.78, 5) is 4.13. The van der Waals surface area contributed by atoms with Crippen molar-refractivity contribution in [1.82, 2.24) is 9.55 Å². The highest BCUT2D eigenvalue weighted by atomic mass is 19.1. The average molecular weight is 247 g/mol. The van der Waals surface area contributed by atoms with Crippen LogP contribution in [0.1, 0.15) is 22.4 Å². The molecule has 0 saturated carbocycles. The van der Waals surface area contributed by atoms with Crippen molar-refractivity contribution in [3.05, 3.63) is 52.9 Å². The summed E-state index contributed by atoms with van der Waals surface area (Å²) in [6, 6.07) is 3.77. The lowest BCUT2D eigenvalue weighted by atomic mass is 10.1. The third kappa shape index (κ3) is 2.59. The van der Waals surface area contributed by atoms with Gasteiger partial charge in [-0.1, -0.05) is 12.1 Å². The van der Waals surface area contributed by atoms with E-state index in [4.69, 9.17) is 5.73 Å². The quantitative estimate of drug-likeness (QED) is 0.900. The summed E-state index contributed by atoms with van der Waals surface area (Å²) in [6.07, 6.45) is 4.42. The number of nitrogens with zero attached hydrogens (tertiary/aromatic N) is 2. The van der Waals surface area contributed by atoms with Gasteiger partial charge in [0.15, 0.2) is 0 Å². The van der Waals surface area contributed by atoms with Crippen LogP contribution < -0.4 is 5.73 Å². The van der Waals surface area contributed by atoms with Crippen LogP contribution in [0.5, 0.6) is 0 Å². The topological polar surface area (TPSA) is 43.8 Å². The zero-order chi connectivity index (χ0) is 13.1. The molecule has 1 heterocycles. The van der Waals surface area contributed by atoms with Gasteiger partial charge in [-0.25, -0.2) is 9.37 Å². The maximum Gasteiger partial charge on any atom is 0.129 e. The van der Waals surface area contributed by atoms with Crippen molar-refractivity contribution in [3.63, 3.8) is 0 Å². The fourth-order valence-corrected chi connectivity index (χ4v) is 2.17. The second kappa shape index (κ2) is 5.31. The number of rotatable bonds is 4. The summed E-state index contributed by atoms with van der Waals surface area (Å²) in [5.41, 5.74) is 9.12. The molecule has 0 fully saturated rings. The molecule has 96 valence electrons. The number of aryl methyl sites for hydroxylation is 2. The van der Waals surface area contributed by atoms with Crippen LogP contribution in [0, 0.1) is 19.7 Å². The summed E-state index contributed by atoms with van der Waals surface area (Å²) >= 11 is 0. The third-order valence-corrected chi connectivity index (χ3v) is 3.05.